The third-order valence-corrected chi connectivity index (χ3v) is 5.94. The second-order valence-corrected chi connectivity index (χ2v) is 8.69. The van der Waals surface area contributed by atoms with Crippen LogP contribution < -0.4 is 4.72 Å². The Kier molecular flexibility index (Phi) is 6.36. The molecule has 1 amide bonds. The minimum Gasteiger partial charge on any atom is -0.468 e. The number of pyridine rings is 1. The van der Waals surface area contributed by atoms with Crippen LogP contribution in [0, 0.1) is 6.92 Å². The standard InChI is InChI=1S/C20H20ClN3O4S/c1-14-5-7-17(29(26,27)23-12-16-4-3-9-28-16)10-18(14)20(25)24(2)13-15-6-8-19(21)22-11-15/h3-11,23H,12-13H2,1-2H3. The molecule has 0 saturated heterocycles. The number of benzene rings is 1. The molecule has 0 bridgehead atoms. The van der Waals surface area contributed by atoms with Gasteiger partial charge in [0.15, 0.2) is 0 Å². The molecular weight excluding hydrogens is 414 g/mol. The number of sulfonamides is 1. The highest BCUT2D eigenvalue weighted by Gasteiger charge is 2.20. The first kappa shape index (κ1) is 21.0. The van der Waals surface area contributed by atoms with Gasteiger partial charge in [-0.25, -0.2) is 18.1 Å². The van der Waals surface area contributed by atoms with Crippen molar-refractivity contribution in [2.24, 2.45) is 0 Å². The number of aromatic nitrogens is 1. The van der Waals surface area contributed by atoms with E-state index < -0.39 is 10.0 Å². The van der Waals surface area contributed by atoms with Crippen LogP contribution in [0.2, 0.25) is 5.15 Å². The van der Waals surface area contributed by atoms with Crippen LogP contribution in [0.3, 0.4) is 0 Å². The van der Waals surface area contributed by atoms with Crippen molar-refractivity contribution in [2.45, 2.75) is 24.9 Å². The highest BCUT2D eigenvalue weighted by molar-refractivity contribution is 7.89. The average molecular weight is 434 g/mol. The molecule has 0 aliphatic heterocycles. The van der Waals surface area contributed by atoms with Gasteiger partial charge in [-0.1, -0.05) is 23.7 Å². The number of amides is 1. The normalized spacial score (nSPS) is 11.4. The van der Waals surface area contributed by atoms with Crippen LogP contribution in [0.5, 0.6) is 0 Å². The number of furan rings is 1. The monoisotopic (exact) mass is 433 g/mol. The van der Waals surface area contributed by atoms with Gasteiger partial charge in [-0.15, -0.1) is 0 Å². The van der Waals surface area contributed by atoms with Crippen molar-refractivity contribution in [3.05, 3.63) is 82.5 Å². The highest BCUT2D eigenvalue weighted by Crippen LogP contribution is 2.19. The second kappa shape index (κ2) is 8.77. The number of hydrogen-bond acceptors (Lipinski definition) is 5. The van der Waals surface area contributed by atoms with Crippen LogP contribution in [-0.2, 0) is 23.1 Å². The molecule has 0 aliphatic rings. The molecule has 3 aromatic rings. The summed E-state index contributed by atoms with van der Waals surface area (Å²) in [5.41, 5.74) is 1.81. The Hall–Kier alpha value is -2.68. The van der Waals surface area contributed by atoms with Crippen LogP contribution in [0.25, 0.3) is 0 Å². The van der Waals surface area contributed by atoms with E-state index in [-0.39, 0.29) is 17.3 Å². The summed E-state index contributed by atoms with van der Waals surface area (Å²) in [6, 6.07) is 11.3. The van der Waals surface area contributed by atoms with Gasteiger partial charge < -0.3 is 9.32 Å². The molecule has 2 aromatic heterocycles. The first-order chi connectivity index (χ1) is 13.8. The molecule has 2 heterocycles. The number of carbonyl (C=O) groups excluding carboxylic acids is 1. The van der Waals surface area contributed by atoms with E-state index in [1.54, 1.807) is 50.5 Å². The zero-order valence-electron chi connectivity index (χ0n) is 15.9. The smallest absolute Gasteiger partial charge is 0.254 e. The Morgan fingerprint density at radius 2 is 2.03 bits per heavy atom. The van der Waals surface area contributed by atoms with Crippen molar-refractivity contribution in [2.75, 3.05) is 7.05 Å². The molecule has 9 heteroatoms. The third-order valence-electron chi connectivity index (χ3n) is 4.32. The lowest BCUT2D eigenvalue weighted by Crippen LogP contribution is -2.28. The molecule has 3 rings (SSSR count). The minimum absolute atomic E-state index is 0.0135. The molecule has 0 fully saturated rings. The van der Waals surface area contributed by atoms with Crippen molar-refractivity contribution in [1.82, 2.24) is 14.6 Å². The molecule has 0 spiro atoms. The summed E-state index contributed by atoms with van der Waals surface area (Å²) in [7, 11) is -2.16. The summed E-state index contributed by atoms with van der Waals surface area (Å²) in [5, 5.41) is 0.374. The predicted octanol–water partition coefficient (Wildman–Crippen LogP) is 3.39. The van der Waals surface area contributed by atoms with Crippen LogP contribution in [0.4, 0.5) is 0 Å². The number of nitrogens with zero attached hydrogens (tertiary/aromatic N) is 2. The number of nitrogens with one attached hydrogen (secondary N) is 1. The Labute approximate surface area is 174 Å². The molecule has 0 aliphatic carbocycles. The summed E-state index contributed by atoms with van der Waals surface area (Å²) in [6.45, 7) is 2.10. The molecule has 29 heavy (non-hydrogen) atoms. The quantitative estimate of drug-likeness (QED) is 0.576. The van der Waals surface area contributed by atoms with Gasteiger partial charge in [0.05, 0.1) is 17.7 Å². The fourth-order valence-corrected chi connectivity index (χ4v) is 3.84. The first-order valence-corrected chi connectivity index (χ1v) is 10.6. The maximum Gasteiger partial charge on any atom is 0.254 e. The van der Waals surface area contributed by atoms with E-state index in [2.05, 4.69) is 9.71 Å². The second-order valence-electron chi connectivity index (χ2n) is 6.53. The average Bonchev–Trinajstić information content (AvgIpc) is 3.21. The number of hydrogen-bond donors (Lipinski definition) is 1. The molecule has 0 unspecified atom stereocenters. The molecule has 0 atom stereocenters. The van der Waals surface area contributed by atoms with Crippen LogP contribution in [0.1, 0.15) is 27.2 Å². The summed E-state index contributed by atoms with van der Waals surface area (Å²) < 4.78 is 32.8. The van der Waals surface area contributed by atoms with Gasteiger partial charge in [-0.2, -0.15) is 0 Å². The zero-order valence-corrected chi connectivity index (χ0v) is 17.5. The fourth-order valence-electron chi connectivity index (χ4n) is 2.71. The number of rotatable bonds is 7. The predicted molar refractivity (Wildman–Crippen MR) is 109 cm³/mol. The first-order valence-electron chi connectivity index (χ1n) is 8.75. The third kappa shape index (κ3) is 5.23. The van der Waals surface area contributed by atoms with Gasteiger partial charge in [0.25, 0.3) is 5.91 Å². The highest BCUT2D eigenvalue weighted by atomic mass is 35.5. The van der Waals surface area contributed by atoms with Gasteiger partial charge in [0, 0.05) is 25.4 Å². The SMILES string of the molecule is Cc1ccc(S(=O)(=O)NCc2ccco2)cc1C(=O)N(C)Cc1ccc(Cl)nc1. The molecule has 0 saturated carbocycles. The Morgan fingerprint density at radius 3 is 2.69 bits per heavy atom. The van der Waals surface area contributed by atoms with E-state index >= 15 is 0 Å². The lowest BCUT2D eigenvalue weighted by atomic mass is 10.1. The van der Waals surface area contributed by atoms with Crippen LogP contribution >= 0.6 is 11.6 Å². The molecule has 7 nitrogen and oxygen atoms in total. The number of halogens is 1. The maximum absolute atomic E-state index is 12.9. The summed E-state index contributed by atoms with van der Waals surface area (Å²) in [4.78, 5) is 18.4. The van der Waals surface area contributed by atoms with E-state index in [4.69, 9.17) is 16.0 Å². The van der Waals surface area contributed by atoms with Crippen LogP contribution in [-0.4, -0.2) is 31.3 Å². The van der Waals surface area contributed by atoms with Gasteiger partial charge >= 0.3 is 0 Å². The van der Waals surface area contributed by atoms with Gasteiger partial charge in [-0.3, -0.25) is 4.79 Å². The summed E-state index contributed by atoms with van der Waals surface area (Å²) in [5.74, 6) is 0.203. The van der Waals surface area contributed by atoms with E-state index in [9.17, 15) is 13.2 Å². The van der Waals surface area contributed by atoms with Crippen LogP contribution in [0.15, 0.2) is 64.2 Å². The van der Waals surface area contributed by atoms with E-state index in [1.165, 1.54) is 23.3 Å². The maximum atomic E-state index is 12.9. The zero-order chi connectivity index (χ0) is 21.0. The Morgan fingerprint density at radius 1 is 1.24 bits per heavy atom. The van der Waals surface area contributed by atoms with Gasteiger partial charge in [-0.05, 0) is 48.4 Å². The van der Waals surface area contributed by atoms with Crippen molar-refractivity contribution in [3.8, 4) is 0 Å². The van der Waals surface area contributed by atoms with E-state index in [0.717, 1.165) is 5.56 Å². The van der Waals surface area contributed by atoms with Crippen molar-refractivity contribution in [1.29, 1.82) is 0 Å². The van der Waals surface area contributed by atoms with E-state index in [1.807, 2.05) is 0 Å². The number of aryl methyl sites for hydroxylation is 1. The Bertz CT molecular complexity index is 1100. The van der Waals surface area contributed by atoms with E-state index in [0.29, 0.717) is 28.6 Å². The molecule has 0 radical (unpaired) electrons. The minimum atomic E-state index is -3.80. The lowest BCUT2D eigenvalue weighted by Gasteiger charge is -2.19. The molecular formula is C20H20ClN3O4S. The van der Waals surface area contributed by atoms with Gasteiger partial charge in [0.2, 0.25) is 10.0 Å². The van der Waals surface area contributed by atoms with Crippen molar-refractivity contribution < 1.29 is 17.6 Å². The summed E-state index contributed by atoms with van der Waals surface area (Å²) in [6.07, 6.45) is 3.07. The largest absolute Gasteiger partial charge is 0.468 e. The van der Waals surface area contributed by atoms with Crippen molar-refractivity contribution in [3.63, 3.8) is 0 Å². The fraction of sp³-hybridized carbons (Fsp3) is 0.200. The molecule has 1 aromatic carbocycles. The van der Waals surface area contributed by atoms with Crippen molar-refractivity contribution >= 4 is 27.5 Å². The molecule has 1 N–H and O–H groups in total. The van der Waals surface area contributed by atoms with Gasteiger partial charge in [0.1, 0.15) is 10.9 Å². The Balaban J connectivity index is 1.78. The molecule has 152 valence electrons. The summed E-state index contributed by atoms with van der Waals surface area (Å²) >= 11 is 5.79. The lowest BCUT2D eigenvalue weighted by molar-refractivity contribution is 0.0784. The topological polar surface area (TPSA) is 92.5 Å². The number of carbonyl (C=O) groups is 1.